The predicted molar refractivity (Wildman–Crippen MR) is 59.9 cm³/mol. The summed E-state index contributed by atoms with van der Waals surface area (Å²) in [6, 6.07) is 6.73. The van der Waals surface area contributed by atoms with Crippen LogP contribution in [-0.2, 0) is 9.47 Å². The highest BCUT2D eigenvalue weighted by Crippen LogP contribution is 2.64. The first-order valence-electron chi connectivity index (χ1n) is 5.89. The molecule has 1 saturated heterocycles. The Bertz CT molecular complexity index is 426. The summed E-state index contributed by atoms with van der Waals surface area (Å²) in [5.74, 6) is -3.77. The van der Waals surface area contributed by atoms with E-state index in [1.807, 2.05) is 0 Å². The highest BCUT2D eigenvalue weighted by molar-refractivity contribution is 5.36. The molecule has 1 heterocycles. The molecule has 0 aromatic heterocycles. The first kappa shape index (κ1) is 11.9. The molecule has 1 aromatic rings. The average molecular weight is 256 g/mol. The molecule has 0 N–H and O–H groups in total. The number of halogens is 2. The van der Waals surface area contributed by atoms with Crippen molar-refractivity contribution in [2.75, 3.05) is 20.3 Å². The second-order valence-corrected chi connectivity index (χ2v) is 4.56. The highest BCUT2D eigenvalue weighted by atomic mass is 19.3. The zero-order chi connectivity index (χ0) is 12.8. The van der Waals surface area contributed by atoms with E-state index in [0.717, 1.165) is 0 Å². The van der Waals surface area contributed by atoms with E-state index in [2.05, 4.69) is 0 Å². The maximum atomic E-state index is 13.8. The van der Waals surface area contributed by atoms with Gasteiger partial charge >= 0.3 is 0 Å². The van der Waals surface area contributed by atoms with Crippen LogP contribution in [0.5, 0.6) is 5.75 Å². The van der Waals surface area contributed by atoms with Crippen molar-refractivity contribution >= 4 is 0 Å². The molecule has 2 atom stereocenters. The van der Waals surface area contributed by atoms with Gasteiger partial charge in [-0.05, 0) is 17.7 Å². The zero-order valence-corrected chi connectivity index (χ0v) is 9.94. The largest absolute Gasteiger partial charge is 0.497 e. The summed E-state index contributed by atoms with van der Waals surface area (Å²) in [4.78, 5) is 0. The number of benzene rings is 1. The molecule has 3 rings (SSSR count). The Morgan fingerprint density at radius 2 is 1.78 bits per heavy atom. The molecule has 0 amide bonds. The molecule has 2 fully saturated rings. The van der Waals surface area contributed by atoms with Gasteiger partial charge in [0.25, 0.3) is 5.92 Å². The number of methoxy groups -OCH3 is 1. The lowest BCUT2D eigenvalue weighted by molar-refractivity contribution is -0.0829. The number of alkyl halides is 2. The summed E-state index contributed by atoms with van der Waals surface area (Å²) >= 11 is 0. The van der Waals surface area contributed by atoms with Crippen LogP contribution in [0.2, 0.25) is 0 Å². The van der Waals surface area contributed by atoms with Crippen molar-refractivity contribution < 1.29 is 23.0 Å². The van der Waals surface area contributed by atoms with Crippen LogP contribution in [0, 0.1) is 5.92 Å². The Hall–Kier alpha value is -1.20. The van der Waals surface area contributed by atoms with E-state index in [-0.39, 0.29) is 0 Å². The van der Waals surface area contributed by atoms with Gasteiger partial charge in [0.2, 0.25) is 0 Å². The van der Waals surface area contributed by atoms with Crippen molar-refractivity contribution in [1.82, 2.24) is 0 Å². The molecule has 3 nitrogen and oxygen atoms in total. The van der Waals surface area contributed by atoms with Gasteiger partial charge in [0.15, 0.2) is 6.29 Å². The van der Waals surface area contributed by atoms with Crippen molar-refractivity contribution in [3.8, 4) is 5.75 Å². The van der Waals surface area contributed by atoms with E-state index in [0.29, 0.717) is 24.5 Å². The molecule has 1 saturated carbocycles. The van der Waals surface area contributed by atoms with Crippen LogP contribution in [0.15, 0.2) is 24.3 Å². The molecular weight excluding hydrogens is 242 g/mol. The molecule has 0 bridgehead atoms. The summed E-state index contributed by atoms with van der Waals surface area (Å²) in [6.07, 6.45) is -0.771. The summed E-state index contributed by atoms with van der Waals surface area (Å²) in [7, 11) is 1.55. The van der Waals surface area contributed by atoms with Gasteiger partial charge in [0.1, 0.15) is 5.75 Å². The van der Waals surface area contributed by atoms with E-state index < -0.39 is 24.0 Å². The standard InChI is InChI=1S/C13H14F2O3/c1-16-9-4-2-8(3-5-9)10-11(13(10,14)15)12-17-6-7-18-12/h2-5,10-12H,6-7H2,1H3. The second-order valence-electron chi connectivity index (χ2n) is 4.56. The monoisotopic (exact) mass is 256 g/mol. The molecular formula is C13H14F2O3. The summed E-state index contributed by atoms with van der Waals surface area (Å²) in [5, 5.41) is 0. The Morgan fingerprint density at radius 3 is 2.33 bits per heavy atom. The third kappa shape index (κ3) is 1.78. The summed E-state index contributed by atoms with van der Waals surface area (Å²) < 4.78 is 43.0. The van der Waals surface area contributed by atoms with Gasteiger partial charge in [0.05, 0.1) is 32.2 Å². The first-order chi connectivity index (χ1) is 8.64. The lowest BCUT2D eigenvalue weighted by Crippen LogP contribution is -2.15. The van der Waals surface area contributed by atoms with Gasteiger partial charge < -0.3 is 14.2 Å². The molecule has 1 aliphatic heterocycles. The van der Waals surface area contributed by atoms with Crippen LogP contribution in [0.3, 0.4) is 0 Å². The summed E-state index contributed by atoms with van der Waals surface area (Å²) in [5.41, 5.74) is 0.602. The van der Waals surface area contributed by atoms with Crippen molar-refractivity contribution in [3.05, 3.63) is 29.8 Å². The third-order valence-corrected chi connectivity index (χ3v) is 3.52. The van der Waals surface area contributed by atoms with E-state index in [1.165, 1.54) is 0 Å². The normalized spacial score (nSPS) is 30.4. The SMILES string of the molecule is COc1ccc(C2C(C3OCCO3)C2(F)F)cc1. The quantitative estimate of drug-likeness (QED) is 0.831. The Balaban J connectivity index is 1.79. The minimum absolute atomic E-state index is 0.395. The van der Waals surface area contributed by atoms with Crippen LogP contribution < -0.4 is 4.74 Å². The van der Waals surface area contributed by atoms with Gasteiger partial charge in [-0.25, -0.2) is 8.78 Å². The minimum atomic E-state index is -2.75. The Morgan fingerprint density at radius 1 is 1.17 bits per heavy atom. The average Bonchev–Trinajstić information content (AvgIpc) is 2.78. The zero-order valence-electron chi connectivity index (χ0n) is 9.94. The van der Waals surface area contributed by atoms with Crippen molar-refractivity contribution in [1.29, 1.82) is 0 Å². The Kier molecular flexibility index (Phi) is 2.75. The molecule has 2 aliphatic rings. The van der Waals surface area contributed by atoms with Crippen molar-refractivity contribution in [3.63, 3.8) is 0 Å². The maximum absolute atomic E-state index is 13.8. The van der Waals surface area contributed by atoms with Gasteiger partial charge in [-0.3, -0.25) is 0 Å². The topological polar surface area (TPSA) is 27.7 Å². The molecule has 0 spiro atoms. The molecule has 98 valence electrons. The van der Waals surface area contributed by atoms with Crippen LogP contribution in [0.1, 0.15) is 11.5 Å². The number of hydrogen-bond donors (Lipinski definition) is 0. The van der Waals surface area contributed by atoms with Crippen LogP contribution in [0.25, 0.3) is 0 Å². The van der Waals surface area contributed by atoms with E-state index in [4.69, 9.17) is 14.2 Å². The fourth-order valence-corrected chi connectivity index (χ4v) is 2.51. The molecule has 2 unspecified atom stereocenters. The highest BCUT2D eigenvalue weighted by Gasteiger charge is 2.72. The van der Waals surface area contributed by atoms with Crippen LogP contribution in [-0.4, -0.2) is 32.5 Å². The fraction of sp³-hybridized carbons (Fsp3) is 0.538. The van der Waals surface area contributed by atoms with E-state index in [9.17, 15) is 8.78 Å². The molecule has 5 heteroatoms. The maximum Gasteiger partial charge on any atom is 0.263 e. The van der Waals surface area contributed by atoms with Crippen molar-refractivity contribution in [2.24, 2.45) is 5.92 Å². The van der Waals surface area contributed by atoms with Crippen molar-refractivity contribution in [2.45, 2.75) is 18.1 Å². The molecule has 0 radical (unpaired) electrons. The lowest BCUT2D eigenvalue weighted by atomic mass is 10.1. The van der Waals surface area contributed by atoms with Gasteiger partial charge in [-0.1, -0.05) is 12.1 Å². The smallest absolute Gasteiger partial charge is 0.263 e. The van der Waals surface area contributed by atoms with Gasteiger partial charge in [-0.2, -0.15) is 0 Å². The fourth-order valence-electron chi connectivity index (χ4n) is 2.51. The van der Waals surface area contributed by atoms with Gasteiger partial charge in [-0.15, -0.1) is 0 Å². The minimum Gasteiger partial charge on any atom is -0.497 e. The first-order valence-corrected chi connectivity index (χ1v) is 5.89. The van der Waals surface area contributed by atoms with E-state index >= 15 is 0 Å². The van der Waals surface area contributed by atoms with Crippen LogP contribution in [0.4, 0.5) is 8.78 Å². The molecule has 1 aliphatic carbocycles. The number of ether oxygens (including phenoxy) is 3. The third-order valence-electron chi connectivity index (χ3n) is 3.52. The number of hydrogen-bond acceptors (Lipinski definition) is 3. The van der Waals surface area contributed by atoms with Gasteiger partial charge in [0, 0.05) is 0 Å². The predicted octanol–water partition coefficient (Wildman–Crippen LogP) is 2.42. The molecule has 1 aromatic carbocycles. The second kappa shape index (κ2) is 4.17. The lowest BCUT2D eigenvalue weighted by Gasteiger charge is -2.07. The van der Waals surface area contributed by atoms with Crippen LogP contribution >= 0.6 is 0 Å². The molecule has 18 heavy (non-hydrogen) atoms. The van der Waals surface area contributed by atoms with E-state index in [1.54, 1.807) is 31.4 Å². The number of rotatable bonds is 3. The summed E-state index contributed by atoms with van der Waals surface area (Å²) in [6.45, 7) is 0.791. The Labute approximate surface area is 104 Å².